The summed E-state index contributed by atoms with van der Waals surface area (Å²) in [6.07, 6.45) is 7.55. The van der Waals surface area contributed by atoms with Crippen LogP contribution in [0.4, 0.5) is 0 Å². The highest BCUT2D eigenvalue weighted by molar-refractivity contribution is 5.13. The molecule has 3 heteroatoms. The average molecular weight is 291 g/mol. The minimum Gasteiger partial charge on any atom is -0.246 e. The third kappa shape index (κ3) is 4.31. The molecule has 1 aromatic rings. The van der Waals surface area contributed by atoms with E-state index in [1.807, 2.05) is 0 Å². The number of fused-ring (bicyclic) bond motifs is 1. The summed E-state index contributed by atoms with van der Waals surface area (Å²) in [6, 6.07) is 0.446. The topological polar surface area (TPSA) is 30.7 Å². The molecule has 1 heterocycles. The standard InChI is InChI=1S/C18H33N3/c1-13(2)14(3)21-17-10-8-7-9-15(12-18(4,5)6)11-16(17)19-20-21/h13-15H,7-12H2,1-6H3. The second-order valence-corrected chi connectivity index (χ2v) is 8.49. The van der Waals surface area contributed by atoms with E-state index < -0.39 is 0 Å². The first kappa shape index (κ1) is 16.5. The molecule has 2 unspecified atom stereocenters. The van der Waals surface area contributed by atoms with E-state index in [2.05, 4.69) is 56.5 Å². The Labute approximate surface area is 130 Å². The number of hydrogen-bond acceptors (Lipinski definition) is 2. The van der Waals surface area contributed by atoms with Gasteiger partial charge in [-0.1, -0.05) is 52.7 Å². The third-order valence-corrected chi connectivity index (χ3v) is 4.88. The summed E-state index contributed by atoms with van der Waals surface area (Å²) < 4.78 is 2.21. The van der Waals surface area contributed by atoms with Crippen molar-refractivity contribution < 1.29 is 0 Å². The quantitative estimate of drug-likeness (QED) is 0.799. The number of nitrogens with zero attached hydrogens (tertiary/aromatic N) is 3. The molecule has 21 heavy (non-hydrogen) atoms. The minimum absolute atomic E-state index is 0.408. The van der Waals surface area contributed by atoms with Crippen molar-refractivity contribution in [3.8, 4) is 0 Å². The van der Waals surface area contributed by atoms with Crippen LogP contribution in [0.15, 0.2) is 0 Å². The molecule has 0 aromatic carbocycles. The highest BCUT2D eigenvalue weighted by Gasteiger charge is 2.25. The van der Waals surface area contributed by atoms with Gasteiger partial charge in [0.1, 0.15) is 0 Å². The number of rotatable bonds is 3. The van der Waals surface area contributed by atoms with Crippen molar-refractivity contribution in [1.29, 1.82) is 0 Å². The fourth-order valence-electron chi connectivity index (χ4n) is 3.51. The zero-order valence-corrected chi connectivity index (χ0v) is 14.8. The number of hydrogen-bond donors (Lipinski definition) is 0. The van der Waals surface area contributed by atoms with Crippen LogP contribution in [0.3, 0.4) is 0 Å². The van der Waals surface area contributed by atoms with Crippen LogP contribution in [0, 0.1) is 17.3 Å². The molecule has 0 saturated heterocycles. The molecule has 3 nitrogen and oxygen atoms in total. The molecule has 120 valence electrons. The lowest BCUT2D eigenvalue weighted by atomic mass is 9.79. The highest BCUT2D eigenvalue weighted by Crippen LogP contribution is 2.33. The Morgan fingerprint density at radius 1 is 1.19 bits per heavy atom. The predicted octanol–water partition coefficient (Wildman–Crippen LogP) is 4.82. The van der Waals surface area contributed by atoms with E-state index in [0.29, 0.717) is 17.4 Å². The highest BCUT2D eigenvalue weighted by atomic mass is 15.4. The predicted molar refractivity (Wildman–Crippen MR) is 88.4 cm³/mol. The summed E-state index contributed by atoms with van der Waals surface area (Å²) >= 11 is 0. The van der Waals surface area contributed by atoms with Gasteiger partial charge in [-0.3, -0.25) is 0 Å². The maximum absolute atomic E-state index is 4.56. The lowest BCUT2D eigenvalue weighted by Crippen LogP contribution is -2.20. The summed E-state index contributed by atoms with van der Waals surface area (Å²) in [4.78, 5) is 0. The molecule has 0 bridgehead atoms. The second-order valence-electron chi connectivity index (χ2n) is 8.49. The maximum atomic E-state index is 4.56. The van der Waals surface area contributed by atoms with E-state index >= 15 is 0 Å². The lowest BCUT2D eigenvalue weighted by molar-refractivity contribution is 0.270. The maximum Gasteiger partial charge on any atom is 0.0862 e. The van der Waals surface area contributed by atoms with Crippen LogP contribution in [0.1, 0.15) is 84.7 Å². The van der Waals surface area contributed by atoms with Crippen molar-refractivity contribution in [2.45, 2.75) is 86.1 Å². The van der Waals surface area contributed by atoms with Gasteiger partial charge >= 0.3 is 0 Å². The van der Waals surface area contributed by atoms with Gasteiger partial charge in [0.2, 0.25) is 0 Å². The monoisotopic (exact) mass is 291 g/mol. The Balaban J connectivity index is 2.21. The molecule has 1 aromatic heterocycles. The van der Waals surface area contributed by atoms with Crippen molar-refractivity contribution in [1.82, 2.24) is 15.0 Å². The molecule has 1 aliphatic carbocycles. The van der Waals surface area contributed by atoms with Crippen LogP contribution in [0.5, 0.6) is 0 Å². The van der Waals surface area contributed by atoms with Crippen molar-refractivity contribution in [3.05, 3.63) is 11.4 Å². The molecule has 0 amide bonds. The first-order valence-corrected chi connectivity index (χ1v) is 8.71. The van der Waals surface area contributed by atoms with Crippen LogP contribution in [-0.2, 0) is 12.8 Å². The van der Waals surface area contributed by atoms with Gasteiger partial charge in [-0.2, -0.15) is 0 Å². The van der Waals surface area contributed by atoms with E-state index in [-0.39, 0.29) is 0 Å². The van der Waals surface area contributed by atoms with Crippen molar-refractivity contribution in [2.24, 2.45) is 17.3 Å². The van der Waals surface area contributed by atoms with Gasteiger partial charge in [0.15, 0.2) is 0 Å². The van der Waals surface area contributed by atoms with E-state index in [1.54, 1.807) is 0 Å². The Hall–Kier alpha value is -0.860. The molecule has 0 aliphatic heterocycles. The van der Waals surface area contributed by atoms with Crippen molar-refractivity contribution in [2.75, 3.05) is 0 Å². The summed E-state index contributed by atoms with van der Waals surface area (Å²) in [5, 5.41) is 9.05. The molecular formula is C18H33N3. The van der Waals surface area contributed by atoms with Crippen LogP contribution in [0.25, 0.3) is 0 Å². The van der Waals surface area contributed by atoms with Crippen molar-refractivity contribution in [3.63, 3.8) is 0 Å². The third-order valence-electron chi connectivity index (χ3n) is 4.88. The van der Waals surface area contributed by atoms with Crippen LogP contribution >= 0.6 is 0 Å². The normalized spacial score (nSPS) is 21.8. The molecule has 0 N–H and O–H groups in total. The zero-order chi connectivity index (χ0) is 15.6. The number of aromatic nitrogens is 3. The first-order valence-electron chi connectivity index (χ1n) is 8.71. The Bertz CT molecular complexity index is 454. The molecular weight excluding hydrogens is 258 g/mol. The fraction of sp³-hybridized carbons (Fsp3) is 0.889. The molecule has 0 radical (unpaired) electrons. The minimum atomic E-state index is 0.408. The molecule has 0 saturated carbocycles. The van der Waals surface area contributed by atoms with E-state index in [0.717, 1.165) is 18.8 Å². The summed E-state index contributed by atoms with van der Waals surface area (Å²) in [5.41, 5.74) is 3.09. The largest absolute Gasteiger partial charge is 0.246 e. The van der Waals surface area contributed by atoms with E-state index in [4.69, 9.17) is 0 Å². The van der Waals surface area contributed by atoms with E-state index in [1.165, 1.54) is 37.1 Å². The fourth-order valence-corrected chi connectivity index (χ4v) is 3.51. The van der Waals surface area contributed by atoms with Crippen LogP contribution in [0.2, 0.25) is 0 Å². The van der Waals surface area contributed by atoms with Gasteiger partial charge in [0.05, 0.1) is 17.4 Å². The van der Waals surface area contributed by atoms with Gasteiger partial charge < -0.3 is 0 Å². The Morgan fingerprint density at radius 3 is 2.52 bits per heavy atom. The smallest absolute Gasteiger partial charge is 0.0862 e. The van der Waals surface area contributed by atoms with Gasteiger partial charge in [0, 0.05) is 0 Å². The lowest BCUT2D eigenvalue weighted by Gasteiger charge is -2.27. The van der Waals surface area contributed by atoms with Crippen LogP contribution in [-0.4, -0.2) is 15.0 Å². The molecule has 0 spiro atoms. The second kappa shape index (κ2) is 6.50. The summed E-state index contributed by atoms with van der Waals surface area (Å²) in [6.45, 7) is 13.9. The summed E-state index contributed by atoms with van der Waals surface area (Å²) in [7, 11) is 0. The zero-order valence-electron chi connectivity index (χ0n) is 14.8. The van der Waals surface area contributed by atoms with Crippen LogP contribution < -0.4 is 0 Å². The molecule has 2 rings (SSSR count). The molecule has 0 fully saturated rings. The summed E-state index contributed by atoms with van der Waals surface area (Å²) in [5.74, 6) is 1.37. The Kier molecular flexibility index (Phi) is 5.11. The SMILES string of the molecule is CC(C)C(C)n1nnc2c1CCCCC(CC(C)(C)C)C2. The van der Waals surface area contributed by atoms with Gasteiger partial charge in [0.25, 0.3) is 0 Å². The molecule has 1 aliphatic rings. The van der Waals surface area contributed by atoms with Gasteiger partial charge in [-0.05, 0) is 49.9 Å². The van der Waals surface area contributed by atoms with Gasteiger partial charge in [-0.15, -0.1) is 5.10 Å². The van der Waals surface area contributed by atoms with Crippen molar-refractivity contribution >= 4 is 0 Å². The van der Waals surface area contributed by atoms with E-state index in [9.17, 15) is 0 Å². The average Bonchev–Trinajstić information content (AvgIpc) is 2.70. The van der Waals surface area contributed by atoms with Gasteiger partial charge in [-0.25, -0.2) is 4.68 Å². The Morgan fingerprint density at radius 2 is 1.90 bits per heavy atom. The first-order chi connectivity index (χ1) is 9.78. The molecule has 2 atom stereocenters.